The summed E-state index contributed by atoms with van der Waals surface area (Å²) in [6, 6.07) is 19.0. The average Bonchev–Trinajstić information content (AvgIpc) is 2.58. The zero-order valence-corrected chi connectivity index (χ0v) is 15.2. The van der Waals surface area contributed by atoms with Gasteiger partial charge in [0, 0.05) is 5.92 Å². The molecule has 25 heavy (non-hydrogen) atoms. The molecule has 0 radical (unpaired) electrons. The van der Waals surface area contributed by atoms with Gasteiger partial charge in [0.2, 0.25) is 0 Å². The fourth-order valence-corrected chi connectivity index (χ4v) is 2.85. The molecular weight excluding hydrogens is 315 g/mol. The average molecular weight is 342 g/mol. The van der Waals surface area contributed by atoms with Gasteiger partial charge in [0.05, 0.1) is 6.42 Å². The molecule has 0 aliphatic carbocycles. The van der Waals surface area contributed by atoms with Crippen LogP contribution in [0.3, 0.4) is 0 Å². The second-order valence-electron chi connectivity index (χ2n) is 7.39. The van der Waals surface area contributed by atoms with Crippen molar-refractivity contribution in [1.82, 2.24) is 0 Å². The Balaban J connectivity index is 2.08. The number of esters is 1. The molecule has 0 aromatic heterocycles. The van der Waals surface area contributed by atoms with Crippen LogP contribution in [0.5, 0.6) is 0 Å². The summed E-state index contributed by atoms with van der Waals surface area (Å²) in [5.74, 6) is -0.749. The lowest BCUT2D eigenvalue weighted by Crippen LogP contribution is -2.26. The molecule has 0 heterocycles. The Labute approximate surface area is 150 Å². The number of benzene rings is 2. The van der Waals surface area contributed by atoms with E-state index in [1.165, 1.54) is 0 Å². The summed E-state index contributed by atoms with van der Waals surface area (Å²) in [4.78, 5) is 12.2. The van der Waals surface area contributed by atoms with Crippen LogP contribution in [-0.2, 0) is 16.0 Å². The highest BCUT2D eigenvalue weighted by Crippen LogP contribution is 2.33. The molecule has 0 amide bonds. The Morgan fingerprint density at radius 2 is 1.56 bits per heavy atom. The molecule has 2 aromatic carbocycles. The predicted octanol–water partition coefficient (Wildman–Crippen LogP) is 5.68. The van der Waals surface area contributed by atoms with Gasteiger partial charge in [-0.25, -0.2) is 4.39 Å². The number of carbonyl (C=O) groups excluding carboxylic acids is 1. The van der Waals surface area contributed by atoms with Crippen LogP contribution in [0.15, 0.2) is 60.7 Å². The van der Waals surface area contributed by atoms with Gasteiger partial charge in [0.15, 0.2) is 0 Å². The van der Waals surface area contributed by atoms with E-state index in [9.17, 15) is 4.79 Å². The molecule has 2 aromatic rings. The van der Waals surface area contributed by atoms with Crippen molar-refractivity contribution in [1.29, 1.82) is 0 Å². The number of rotatable bonds is 7. The Morgan fingerprint density at radius 3 is 2.12 bits per heavy atom. The first kappa shape index (κ1) is 19.2. The van der Waals surface area contributed by atoms with Gasteiger partial charge in [-0.2, -0.15) is 0 Å². The minimum atomic E-state index is -1.18. The van der Waals surface area contributed by atoms with E-state index >= 15 is 4.39 Å². The highest BCUT2D eigenvalue weighted by molar-refractivity contribution is 5.70. The van der Waals surface area contributed by atoms with Crippen molar-refractivity contribution in [2.45, 2.75) is 51.8 Å². The van der Waals surface area contributed by atoms with Crippen LogP contribution in [0.25, 0.3) is 0 Å². The van der Waals surface area contributed by atoms with Crippen molar-refractivity contribution < 1.29 is 13.9 Å². The number of ether oxygens (including phenoxy) is 1. The largest absolute Gasteiger partial charge is 0.460 e. The van der Waals surface area contributed by atoms with Crippen molar-refractivity contribution in [3.05, 3.63) is 71.8 Å². The van der Waals surface area contributed by atoms with Gasteiger partial charge in [-0.1, -0.05) is 60.7 Å². The fourth-order valence-electron chi connectivity index (χ4n) is 2.85. The molecule has 2 atom stereocenters. The van der Waals surface area contributed by atoms with Gasteiger partial charge in [0.25, 0.3) is 0 Å². The van der Waals surface area contributed by atoms with Crippen LogP contribution in [0.4, 0.5) is 4.39 Å². The second kappa shape index (κ2) is 8.80. The van der Waals surface area contributed by atoms with E-state index < -0.39 is 17.7 Å². The number of alkyl halides is 1. The van der Waals surface area contributed by atoms with Crippen LogP contribution in [-0.4, -0.2) is 11.6 Å². The van der Waals surface area contributed by atoms with E-state index in [0.717, 1.165) is 12.0 Å². The number of aryl methyl sites for hydroxylation is 1. The lowest BCUT2D eigenvalue weighted by molar-refractivity contribution is -0.156. The minimum Gasteiger partial charge on any atom is -0.460 e. The van der Waals surface area contributed by atoms with E-state index in [0.29, 0.717) is 12.0 Å². The normalized spacial score (nSPS) is 13.9. The van der Waals surface area contributed by atoms with Gasteiger partial charge >= 0.3 is 5.97 Å². The molecule has 2 rings (SSSR count). The number of hydrogen-bond acceptors (Lipinski definition) is 2. The highest BCUT2D eigenvalue weighted by atomic mass is 19.1. The van der Waals surface area contributed by atoms with Gasteiger partial charge < -0.3 is 4.74 Å². The summed E-state index contributed by atoms with van der Waals surface area (Å²) in [6.45, 7) is 5.48. The first-order valence-corrected chi connectivity index (χ1v) is 8.80. The standard InChI is InChI=1S/C22H27FO2/c1-22(2,3)25-20(24)16-19(15-14-17-10-6-4-7-11-17)21(23)18-12-8-5-9-13-18/h4-13,19,21H,14-16H2,1-3H3/t19-,21-/m0/s1. The maximum absolute atomic E-state index is 15.1. The van der Waals surface area contributed by atoms with Crippen molar-refractivity contribution >= 4 is 5.97 Å². The first-order valence-electron chi connectivity index (χ1n) is 8.80. The molecular formula is C22H27FO2. The maximum atomic E-state index is 15.1. The predicted molar refractivity (Wildman–Crippen MR) is 99.0 cm³/mol. The van der Waals surface area contributed by atoms with Gasteiger partial charge in [-0.05, 0) is 44.7 Å². The topological polar surface area (TPSA) is 26.3 Å². The lowest BCUT2D eigenvalue weighted by Gasteiger charge is -2.24. The summed E-state index contributed by atoms with van der Waals surface area (Å²) >= 11 is 0. The summed E-state index contributed by atoms with van der Waals surface area (Å²) in [7, 11) is 0. The smallest absolute Gasteiger partial charge is 0.306 e. The zero-order chi connectivity index (χ0) is 18.3. The fraction of sp³-hybridized carbons (Fsp3) is 0.409. The number of hydrogen-bond donors (Lipinski definition) is 0. The summed E-state index contributed by atoms with van der Waals surface area (Å²) < 4.78 is 20.5. The van der Waals surface area contributed by atoms with Crippen LogP contribution >= 0.6 is 0 Å². The van der Waals surface area contributed by atoms with Gasteiger partial charge in [-0.3, -0.25) is 4.79 Å². The molecule has 0 saturated carbocycles. The Kier molecular flexibility index (Phi) is 6.74. The summed E-state index contributed by atoms with van der Waals surface area (Å²) in [5.41, 5.74) is 1.21. The van der Waals surface area contributed by atoms with Crippen molar-refractivity contribution in [2.24, 2.45) is 5.92 Å². The summed E-state index contributed by atoms with van der Waals surface area (Å²) in [5, 5.41) is 0. The molecule has 2 nitrogen and oxygen atoms in total. The zero-order valence-electron chi connectivity index (χ0n) is 15.2. The van der Waals surface area contributed by atoms with E-state index in [-0.39, 0.29) is 12.4 Å². The summed E-state index contributed by atoms with van der Waals surface area (Å²) in [6.07, 6.45) is 0.235. The van der Waals surface area contributed by atoms with E-state index in [2.05, 4.69) is 0 Å². The Morgan fingerprint density at radius 1 is 1.00 bits per heavy atom. The van der Waals surface area contributed by atoms with E-state index in [1.54, 1.807) is 12.1 Å². The van der Waals surface area contributed by atoms with Crippen LogP contribution in [0.1, 0.15) is 50.9 Å². The van der Waals surface area contributed by atoms with Crippen molar-refractivity contribution in [2.75, 3.05) is 0 Å². The molecule has 0 saturated heterocycles. The number of carbonyl (C=O) groups is 1. The first-order chi connectivity index (χ1) is 11.8. The molecule has 0 aliphatic heterocycles. The maximum Gasteiger partial charge on any atom is 0.306 e. The van der Waals surface area contributed by atoms with E-state index in [4.69, 9.17) is 4.74 Å². The Bertz CT molecular complexity index is 647. The molecule has 0 N–H and O–H groups in total. The third-order valence-electron chi connectivity index (χ3n) is 4.03. The van der Waals surface area contributed by atoms with Crippen LogP contribution < -0.4 is 0 Å². The molecule has 0 aliphatic rings. The second-order valence-corrected chi connectivity index (χ2v) is 7.39. The number of halogens is 1. The van der Waals surface area contributed by atoms with E-state index in [1.807, 2.05) is 69.3 Å². The van der Waals surface area contributed by atoms with Crippen LogP contribution in [0.2, 0.25) is 0 Å². The molecule has 0 spiro atoms. The SMILES string of the molecule is CC(C)(C)OC(=O)C[C@H](CCc1ccccc1)[C@@H](F)c1ccccc1. The monoisotopic (exact) mass is 342 g/mol. The highest BCUT2D eigenvalue weighted by Gasteiger charge is 2.27. The van der Waals surface area contributed by atoms with Crippen LogP contribution in [0, 0.1) is 5.92 Å². The molecule has 0 unspecified atom stereocenters. The van der Waals surface area contributed by atoms with Crippen molar-refractivity contribution in [3.63, 3.8) is 0 Å². The van der Waals surface area contributed by atoms with Gasteiger partial charge in [0.1, 0.15) is 11.8 Å². The molecule has 134 valence electrons. The van der Waals surface area contributed by atoms with Crippen molar-refractivity contribution in [3.8, 4) is 0 Å². The molecule has 0 bridgehead atoms. The third-order valence-corrected chi connectivity index (χ3v) is 4.03. The third kappa shape index (κ3) is 6.69. The lowest BCUT2D eigenvalue weighted by atomic mass is 9.88. The minimum absolute atomic E-state index is 0.0835. The Hall–Kier alpha value is -2.16. The van der Waals surface area contributed by atoms with Gasteiger partial charge in [-0.15, -0.1) is 0 Å². The quantitative estimate of drug-likeness (QED) is 0.605. The molecule has 3 heteroatoms. The molecule has 0 fully saturated rings.